The van der Waals surface area contributed by atoms with Crippen LogP contribution in [-0.4, -0.2) is 17.5 Å². The van der Waals surface area contributed by atoms with Crippen LogP contribution in [0.2, 0.25) is 0 Å². The first-order valence-electron chi connectivity index (χ1n) is 7.62. The summed E-state index contributed by atoms with van der Waals surface area (Å²) in [6.45, 7) is 1.94. The number of carbonyl (C=O) groups excluding carboxylic acids is 2. The van der Waals surface area contributed by atoms with Gasteiger partial charge < -0.3 is 5.32 Å². The number of allylic oxidation sites excluding steroid dienone is 3. The summed E-state index contributed by atoms with van der Waals surface area (Å²) in [5.74, 6) is 0.453. The molecule has 0 bridgehead atoms. The van der Waals surface area contributed by atoms with Crippen LogP contribution in [0, 0.1) is 11.8 Å². The SMILES string of the molecule is CC1=CC(=O)NC2=CC(=NC(=O)CC3CCCC3)C=CC12. The van der Waals surface area contributed by atoms with Crippen molar-refractivity contribution in [3.8, 4) is 0 Å². The normalized spacial score (nSPS) is 27.2. The van der Waals surface area contributed by atoms with E-state index in [-0.39, 0.29) is 17.7 Å². The first kappa shape index (κ1) is 14.0. The molecule has 21 heavy (non-hydrogen) atoms. The molecule has 1 fully saturated rings. The highest BCUT2D eigenvalue weighted by Crippen LogP contribution is 2.28. The van der Waals surface area contributed by atoms with Crippen LogP contribution >= 0.6 is 0 Å². The minimum Gasteiger partial charge on any atom is -0.325 e. The standard InChI is InChI=1S/C17H20N2O2/c1-11-8-16(20)19-15-10-13(6-7-14(11)15)18-17(21)9-12-4-2-3-5-12/h6-8,10,12,14H,2-5,9H2,1H3,(H,19,20). The van der Waals surface area contributed by atoms with Crippen LogP contribution in [0.1, 0.15) is 39.0 Å². The molecule has 0 aromatic rings. The maximum atomic E-state index is 12.0. The number of aliphatic imine (C=N–C) groups is 1. The van der Waals surface area contributed by atoms with E-state index in [2.05, 4.69) is 10.3 Å². The Morgan fingerprint density at radius 1 is 1.33 bits per heavy atom. The van der Waals surface area contributed by atoms with Gasteiger partial charge in [0.1, 0.15) is 0 Å². The van der Waals surface area contributed by atoms with Gasteiger partial charge in [-0.2, -0.15) is 0 Å². The molecule has 1 heterocycles. The second-order valence-electron chi connectivity index (χ2n) is 6.10. The average Bonchev–Trinajstić information content (AvgIpc) is 2.90. The van der Waals surface area contributed by atoms with Gasteiger partial charge in [-0.15, -0.1) is 0 Å². The zero-order valence-electron chi connectivity index (χ0n) is 12.3. The highest BCUT2D eigenvalue weighted by Gasteiger charge is 2.24. The lowest BCUT2D eigenvalue weighted by Crippen LogP contribution is -2.32. The van der Waals surface area contributed by atoms with Gasteiger partial charge in [0.2, 0.25) is 11.8 Å². The van der Waals surface area contributed by atoms with Gasteiger partial charge in [-0.1, -0.05) is 24.5 Å². The molecule has 2 amide bonds. The van der Waals surface area contributed by atoms with Gasteiger partial charge in [0.15, 0.2) is 0 Å². The van der Waals surface area contributed by atoms with Crippen molar-refractivity contribution in [1.82, 2.24) is 5.32 Å². The second kappa shape index (κ2) is 5.80. The predicted octanol–water partition coefficient (Wildman–Crippen LogP) is 2.68. The lowest BCUT2D eigenvalue weighted by atomic mass is 9.89. The fraction of sp³-hybridized carbons (Fsp3) is 0.471. The highest BCUT2D eigenvalue weighted by atomic mass is 16.2. The fourth-order valence-corrected chi connectivity index (χ4v) is 3.30. The van der Waals surface area contributed by atoms with E-state index in [0.29, 0.717) is 18.1 Å². The van der Waals surface area contributed by atoms with Gasteiger partial charge in [-0.3, -0.25) is 9.59 Å². The zero-order valence-corrected chi connectivity index (χ0v) is 12.3. The summed E-state index contributed by atoms with van der Waals surface area (Å²) in [6, 6.07) is 0. The van der Waals surface area contributed by atoms with Crippen molar-refractivity contribution in [2.24, 2.45) is 16.8 Å². The number of nitrogens with zero attached hydrogens (tertiary/aromatic N) is 1. The van der Waals surface area contributed by atoms with Crippen molar-refractivity contribution in [3.63, 3.8) is 0 Å². The molecule has 0 spiro atoms. The number of nitrogens with one attached hydrogen (secondary N) is 1. The number of fused-ring (bicyclic) bond motifs is 1. The number of rotatable bonds is 2. The maximum absolute atomic E-state index is 12.0. The van der Waals surface area contributed by atoms with Crippen molar-refractivity contribution in [1.29, 1.82) is 0 Å². The van der Waals surface area contributed by atoms with Crippen LogP contribution in [0.25, 0.3) is 0 Å². The summed E-state index contributed by atoms with van der Waals surface area (Å²) < 4.78 is 0. The molecule has 1 N–H and O–H groups in total. The third-order valence-electron chi connectivity index (χ3n) is 4.41. The van der Waals surface area contributed by atoms with Crippen molar-refractivity contribution in [2.45, 2.75) is 39.0 Å². The monoisotopic (exact) mass is 284 g/mol. The smallest absolute Gasteiger partial charge is 0.248 e. The average molecular weight is 284 g/mol. The van der Waals surface area contributed by atoms with E-state index in [4.69, 9.17) is 0 Å². The topological polar surface area (TPSA) is 58.5 Å². The van der Waals surface area contributed by atoms with E-state index in [0.717, 1.165) is 24.1 Å². The van der Waals surface area contributed by atoms with E-state index in [1.54, 1.807) is 6.08 Å². The van der Waals surface area contributed by atoms with E-state index < -0.39 is 0 Å². The van der Waals surface area contributed by atoms with Crippen LogP contribution in [0.15, 0.2) is 40.6 Å². The lowest BCUT2D eigenvalue weighted by molar-refractivity contribution is -0.118. The van der Waals surface area contributed by atoms with Crippen LogP contribution in [0.3, 0.4) is 0 Å². The van der Waals surface area contributed by atoms with E-state index in [1.165, 1.54) is 12.8 Å². The molecule has 3 rings (SSSR count). The Morgan fingerprint density at radius 3 is 2.86 bits per heavy atom. The molecule has 110 valence electrons. The summed E-state index contributed by atoms with van der Waals surface area (Å²) in [5.41, 5.74) is 2.46. The molecule has 4 nitrogen and oxygen atoms in total. The molecule has 1 unspecified atom stereocenters. The zero-order chi connectivity index (χ0) is 14.8. The molecule has 4 heteroatoms. The van der Waals surface area contributed by atoms with Crippen LogP contribution in [0.4, 0.5) is 0 Å². The van der Waals surface area contributed by atoms with E-state index in [1.807, 2.05) is 25.2 Å². The summed E-state index contributed by atoms with van der Waals surface area (Å²) in [5, 5.41) is 2.83. The number of carbonyl (C=O) groups is 2. The summed E-state index contributed by atoms with van der Waals surface area (Å²) in [6.07, 6.45) is 12.6. The summed E-state index contributed by atoms with van der Waals surface area (Å²) in [4.78, 5) is 27.7. The van der Waals surface area contributed by atoms with Crippen molar-refractivity contribution in [2.75, 3.05) is 0 Å². The van der Waals surface area contributed by atoms with Crippen LogP contribution < -0.4 is 5.32 Å². The first-order chi connectivity index (χ1) is 10.1. The Kier molecular flexibility index (Phi) is 3.86. The number of hydrogen-bond donors (Lipinski definition) is 1. The Bertz CT molecular complexity index is 590. The van der Waals surface area contributed by atoms with E-state index in [9.17, 15) is 9.59 Å². The third-order valence-corrected chi connectivity index (χ3v) is 4.41. The molecule has 0 saturated heterocycles. The number of amides is 2. The Balaban J connectivity index is 1.71. The van der Waals surface area contributed by atoms with Gasteiger partial charge in [0.25, 0.3) is 0 Å². The molecule has 1 atom stereocenters. The maximum Gasteiger partial charge on any atom is 0.248 e. The molecular formula is C17H20N2O2. The fourth-order valence-electron chi connectivity index (χ4n) is 3.30. The minimum atomic E-state index is -0.109. The van der Waals surface area contributed by atoms with Crippen LogP contribution in [0.5, 0.6) is 0 Å². The predicted molar refractivity (Wildman–Crippen MR) is 81.6 cm³/mol. The molecule has 0 aromatic heterocycles. The largest absolute Gasteiger partial charge is 0.325 e. The molecule has 3 aliphatic rings. The van der Waals surface area contributed by atoms with Gasteiger partial charge in [-0.25, -0.2) is 4.99 Å². The highest BCUT2D eigenvalue weighted by molar-refractivity contribution is 6.11. The minimum absolute atomic E-state index is 0.0498. The van der Waals surface area contributed by atoms with Crippen molar-refractivity contribution in [3.05, 3.63) is 35.6 Å². The Labute approximate surface area is 124 Å². The quantitative estimate of drug-likeness (QED) is 0.847. The van der Waals surface area contributed by atoms with E-state index >= 15 is 0 Å². The van der Waals surface area contributed by atoms with Crippen molar-refractivity contribution >= 4 is 17.5 Å². The molecule has 1 saturated carbocycles. The lowest BCUT2D eigenvalue weighted by Gasteiger charge is -2.25. The molecule has 1 aliphatic heterocycles. The van der Waals surface area contributed by atoms with Gasteiger partial charge in [-0.05, 0) is 37.8 Å². The first-order valence-corrected chi connectivity index (χ1v) is 7.62. The second-order valence-corrected chi connectivity index (χ2v) is 6.10. The van der Waals surface area contributed by atoms with Gasteiger partial charge >= 0.3 is 0 Å². The number of hydrogen-bond acceptors (Lipinski definition) is 2. The molecule has 2 aliphatic carbocycles. The molecule has 0 aromatic carbocycles. The van der Waals surface area contributed by atoms with Crippen LogP contribution in [-0.2, 0) is 9.59 Å². The van der Waals surface area contributed by atoms with Gasteiger partial charge in [0.05, 0.1) is 5.71 Å². The van der Waals surface area contributed by atoms with Gasteiger partial charge in [0, 0.05) is 24.1 Å². The molecular weight excluding hydrogens is 264 g/mol. The summed E-state index contributed by atoms with van der Waals surface area (Å²) in [7, 11) is 0. The van der Waals surface area contributed by atoms with Crippen molar-refractivity contribution < 1.29 is 9.59 Å². The Morgan fingerprint density at radius 2 is 2.10 bits per heavy atom. The Hall–Kier alpha value is -1.97. The molecule has 0 radical (unpaired) electrons. The summed E-state index contributed by atoms with van der Waals surface area (Å²) >= 11 is 0. The third kappa shape index (κ3) is 3.20.